The van der Waals surface area contributed by atoms with Crippen LogP contribution in [-0.2, 0) is 14.3 Å². The van der Waals surface area contributed by atoms with Gasteiger partial charge in [0.15, 0.2) is 0 Å². The lowest BCUT2D eigenvalue weighted by atomic mass is 9.91. The molecule has 27 heavy (non-hydrogen) atoms. The molecule has 10 heteroatoms. The second kappa shape index (κ2) is 8.05. The van der Waals surface area contributed by atoms with Crippen LogP contribution >= 0.6 is 0 Å². The van der Waals surface area contributed by atoms with Crippen LogP contribution in [0.3, 0.4) is 0 Å². The highest BCUT2D eigenvalue weighted by Crippen LogP contribution is 2.32. The lowest BCUT2D eigenvalue weighted by Gasteiger charge is -2.30. The number of amides is 1. The minimum absolute atomic E-state index is 0.0615. The van der Waals surface area contributed by atoms with Gasteiger partial charge in [0.2, 0.25) is 0 Å². The normalized spacial score (nSPS) is 15.8. The van der Waals surface area contributed by atoms with Crippen molar-refractivity contribution in [3.05, 3.63) is 30.2 Å². The van der Waals surface area contributed by atoms with Crippen molar-refractivity contribution in [2.24, 2.45) is 0 Å². The summed E-state index contributed by atoms with van der Waals surface area (Å²) in [5.74, 6) is 0.742. The summed E-state index contributed by atoms with van der Waals surface area (Å²) in [6.45, 7) is 1.03. The van der Waals surface area contributed by atoms with E-state index in [1.165, 1.54) is 11.2 Å². The lowest BCUT2D eigenvalue weighted by Crippen LogP contribution is -2.37. The summed E-state index contributed by atoms with van der Waals surface area (Å²) in [7, 11) is -3.48. The van der Waals surface area contributed by atoms with Crippen molar-refractivity contribution < 1.29 is 27.2 Å². The molecule has 1 amide bonds. The van der Waals surface area contributed by atoms with Crippen LogP contribution in [0.1, 0.15) is 24.5 Å². The predicted octanol–water partition coefficient (Wildman–Crippen LogP) is 1.84. The van der Waals surface area contributed by atoms with Crippen molar-refractivity contribution in [2.45, 2.75) is 18.8 Å². The summed E-state index contributed by atoms with van der Waals surface area (Å²) in [6.07, 6.45) is 3.04. The van der Waals surface area contributed by atoms with Crippen molar-refractivity contribution in [2.75, 3.05) is 32.6 Å². The van der Waals surface area contributed by atoms with Crippen LogP contribution in [-0.4, -0.2) is 67.0 Å². The van der Waals surface area contributed by atoms with E-state index >= 15 is 0 Å². The molecule has 1 aromatic carbocycles. The number of carbonyl (C=O) groups is 1. The fraction of sp³-hybridized carbons (Fsp3) is 0.471. The van der Waals surface area contributed by atoms with E-state index in [1.807, 2.05) is 6.07 Å². The van der Waals surface area contributed by atoms with E-state index in [1.54, 1.807) is 12.1 Å². The molecule has 0 saturated carbocycles. The van der Waals surface area contributed by atoms with Gasteiger partial charge < -0.3 is 14.7 Å². The van der Waals surface area contributed by atoms with Gasteiger partial charge in [0, 0.05) is 30.5 Å². The number of piperidine rings is 1. The second-order valence-corrected chi connectivity index (χ2v) is 8.00. The molecule has 9 nitrogen and oxygen atoms in total. The van der Waals surface area contributed by atoms with E-state index in [0.29, 0.717) is 18.8 Å². The molecule has 1 N–H and O–H groups in total. The first-order valence-electron chi connectivity index (χ1n) is 8.53. The van der Waals surface area contributed by atoms with Crippen molar-refractivity contribution in [3.63, 3.8) is 0 Å². The first-order valence-corrected chi connectivity index (χ1v) is 10.3. The monoisotopic (exact) mass is 395 g/mol. The first-order chi connectivity index (χ1) is 12.8. The van der Waals surface area contributed by atoms with Crippen LogP contribution in [0.5, 0.6) is 5.75 Å². The molecule has 0 radical (unpaired) electrons. The largest absolute Gasteiger partial charge is 0.491 e. The quantitative estimate of drug-likeness (QED) is 0.581. The summed E-state index contributed by atoms with van der Waals surface area (Å²) >= 11 is 0. The molecule has 0 bridgehead atoms. The Bertz CT molecular complexity index is 925. The van der Waals surface area contributed by atoms with Gasteiger partial charge >= 0.3 is 6.09 Å². The Morgan fingerprint density at radius 3 is 2.67 bits per heavy atom. The Hall–Kier alpha value is -2.46. The first kappa shape index (κ1) is 19.3. The molecular weight excluding hydrogens is 374 g/mol. The molecule has 0 spiro atoms. The molecule has 0 unspecified atom stereocenters. The van der Waals surface area contributed by atoms with Gasteiger partial charge in [-0.25, -0.2) is 14.8 Å². The maximum atomic E-state index is 11.1. The molecule has 1 saturated heterocycles. The summed E-state index contributed by atoms with van der Waals surface area (Å²) in [6, 6.07) is 5.43. The number of likely N-dealkylation sites (tertiary alicyclic amines) is 1. The van der Waals surface area contributed by atoms with Gasteiger partial charge in [0.05, 0.1) is 17.5 Å². The zero-order valence-electron chi connectivity index (χ0n) is 14.9. The van der Waals surface area contributed by atoms with Gasteiger partial charge in [-0.3, -0.25) is 4.18 Å². The fourth-order valence-electron chi connectivity index (χ4n) is 3.16. The van der Waals surface area contributed by atoms with Crippen LogP contribution in [0.25, 0.3) is 10.9 Å². The van der Waals surface area contributed by atoms with E-state index in [9.17, 15) is 13.2 Å². The summed E-state index contributed by atoms with van der Waals surface area (Å²) < 4.78 is 32.0. The van der Waals surface area contributed by atoms with Crippen molar-refractivity contribution in [1.82, 2.24) is 14.9 Å². The fourth-order valence-corrected chi connectivity index (χ4v) is 3.53. The Morgan fingerprint density at radius 2 is 2.00 bits per heavy atom. The van der Waals surface area contributed by atoms with Crippen LogP contribution in [0, 0.1) is 0 Å². The minimum atomic E-state index is -3.48. The molecule has 1 aliphatic heterocycles. The number of hydrogen-bond acceptors (Lipinski definition) is 7. The highest BCUT2D eigenvalue weighted by Gasteiger charge is 2.25. The van der Waals surface area contributed by atoms with Crippen molar-refractivity contribution in [3.8, 4) is 5.75 Å². The maximum absolute atomic E-state index is 11.1. The van der Waals surface area contributed by atoms with Gasteiger partial charge in [-0.05, 0) is 25.0 Å². The SMILES string of the molecule is CS(=O)(=O)OCCOc1ccc2c(C3CCN(C(=O)O)CC3)ncnc2c1. The standard InChI is InChI=1S/C17H21N3O6S/c1-27(23,24)26-9-8-25-13-2-3-14-15(10-13)18-11-19-16(14)12-4-6-20(7-5-12)17(21)22/h2-3,10-12H,4-9H2,1H3,(H,21,22). The Balaban J connectivity index is 1.69. The van der Waals surface area contributed by atoms with E-state index in [2.05, 4.69) is 14.2 Å². The molecule has 2 heterocycles. The van der Waals surface area contributed by atoms with Gasteiger partial charge in [-0.1, -0.05) is 0 Å². The molecule has 0 atom stereocenters. The van der Waals surface area contributed by atoms with Gasteiger partial charge in [0.25, 0.3) is 10.1 Å². The van der Waals surface area contributed by atoms with Crippen LogP contribution < -0.4 is 4.74 Å². The molecule has 1 aliphatic rings. The van der Waals surface area contributed by atoms with Gasteiger partial charge in [0.1, 0.15) is 25.3 Å². The van der Waals surface area contributed by atoms with Crippen LogP contribution in [0.4, 0.5) is 4.79 Å². The van der Waals surface area contributed by atoms with E-state index in [0.717, 1.165) is 35.7 Å². The van der Waals surface area contributed by atoms with Crippen LogP contribution in [0.15, 0.2) is 24.5 Å². The van der Waals surface area contributed by atoms with E-state index in [4.69, 9.17) is 9.84 Å². The number of rotatable bonds is 6. The molecule has 0 aliphatic carbocycles. The summed E-state index contributed by atoms with van der Waals surface area (Å²) in [4.78, 5) is 21.2. The Morgan fingerprint density at radius 1 is 1.26 bits per heavy atom. The van der Waals surface area contributed by atoms with Gasteiger partial charge in [-0.2, -0.15) is 8.42 Å². The topological polar surface area (TPSA) is 119 Å². The second-order valence-electron chi connectivity index (χ2n) is 6.36. The minimum Gasteiger partial charge on any atom is -0.491 e. The van der Waals surface area contributed by atoms with Gasteiger partial charge in [-0.15, -0.1) is 0 Å². The number of fused-ring (bicyclic) bond motifs is 1. The highest BCUT2D eigenvalue weighted by atomic mass is 32.2. The molecule has 1 fully saturated rings. The maximum Gasteiger partial charge on any atom is 0.407 e. The number of nitrogens with zero attached hydrogens (tertiary/aromatic N) is 3. The molecule has 2 aromatic rings. The third kappa shape index (κ3) is 5.04. The Kier molecular flexibility index (Phi) is 5.76. The number of aromatic nitrogens is 2. The zero-order chi connectivity index (χ0) is 19.4. The number of ether oxygens (including phenoxy) is 1. The Labute approximate surface area is 157 Å². The lowest BCUT2D eigenvalue weighted by molar-refractivity contribution is 0.132. The molecule has 146 valence electrons. The third-order valence-corrected chi connectivity index (χ3v) is 5.04. The average Bonchev–Trinajstić information content (AvgIpc) is 2.64. The molecule has 3 rings (SSSR count). The summed E-state index contributed by atoms with van der Waals surface area (Å²) in [5, 5.41) is 9.98. The van der Waals surface area contributed by atoms with Crippen molar-refractivity contribution >= 4 is 27.1 Å². The molecule has 1 aromatic heterocycles. The number of hydrogen-bond donors (Lipinski definition) is 1. The van der Waals surface area contributed by atoms with Crippen LogP contribution in [0.2, 0.25) is 0 Å². The summed E-state index contributed by atoms with van der Waals surface area (Å²) in [5.41, 5.74) is 1.64. The van der Waals surface area contributed by atoms with E-state index < -0.39 is 16.2 Å². The predicted molar refractivity (Wildman–Crippen MR) is 97.4 cm³/mol. The zero-order valence-corrected chi connectivity index (χ0v) is 15.7. The highest BCUT2D eigenvalue weighted by molar-refractivity contribution is 7.85. The molecular formula is C17H21N3O6S. The van der Waals surface area contributed by atoms with Crippen molar-refractivity contribution in [1.29, 1.82) is 0 Å². The number of benzene rings is 1. The third-order valence-electron chi connectivity index (χ3n) is 4.44. The average molecular weight is 395 g/mol. The smallest absolute Gasteiger partial charge is 0.407 e. The van der Waals surface area contributed by atoms with E-state index in [-0.39, 0.29) is 19.1 Å². The number of carboxylic acid groups (broad SMARTS) is 1.